The van der Waals surface area contributed by atoms with Crippen molar-refractivity contribution in [3.05, 3.63) is 113 Å². The molecule has 2 heteroatoms. The molecule has 0 unspecified atom stereocenters. The minimum Gasteiger partial charge on any atom is -0.367 e. The lowest BCUT2D eigenvalue weighted by atomic mass is 9.92. The fourth-order valence-electron chi connectivity index (χ4n) is 6.19. The third kappa shape index (κ3) is 3.33. The van der Waals surface area contributed by atoms with Crippen LogP contribution in [0.5, 0.6) is 0 Å². The van der Waals surface area contributed by atoms with Gasteiger partial charge in [0.2, 0.25) is 0 Å². The van der Waals surface area contributed by atoms with E-state index in [4.69, 9.17) is 0 Å². The SMILES string of the molecule is CC/C=C\c1c(C)c2c(n1C1=CC=CCC(c3ccc4c5c(cccc35)-c3ccccc3-4)=C1)NCC=C2. The van der Waals surface area contributed by atoms with Crippen LogP contribution in [0.3, 0.4) is 0 Å². The number of hydrogen-bond donors (Lipinski definition) is 1. The molecule has 1 N–H and O–H groups in total. The summed E-state index contributed by atoms with van der Waals surface area (Å²) in [5, 5.41) is 6.37. The van der Waals surface area contributed by atoms with Gasteiger partial charge in [-0.1, -0.05) is 91.9 Å². The van der Waals surface area contributed by atoms with E-state index in [0.717, 1.165) is 19.4 Å². The number of fused-ring (bicyclic) bond motifs is 4. The molecular formula is C35H30N2. The largest absolute Gasteiger partial charge is 0.367 e. The molecule has 37 heavy (non-hydrogen) atoms. The van der Waals surface area contributed by atoms with Crippen LogP contribution >= 0.6 is 0 Å². The van der Waals surface area contributed by atoms with Crippen molar-refractivity contribution in [3.8, 4) is 22.3 Å². The zero-order valence-electron chi connectivity index (χ0n) is 21.4. The van der Waals surface area contributed by atoms with E-state index in [0.29, 0.717) is 0 Å². The summed E-state index contributed by atoms with van der Waals surface area (Å²) in [4.78, 5) is 0. The minimum atomic E-state index is 0.850. The molecule has 2 aliphatic carbocycles. The van der Waals surface area contributed by atoms with Crippen LogP contribution in [-0.2, 0) is 0 Å². The topological polar surface area (TPSA) is 17.0 Å². The second-order valence-corrected chi connectivity index (χ2v) is 10.0. The highest BCUT2D eigenvalue weighted by Crippen LogP contribution is 2.49. The van der Waals surface area contributed by atoms with Gasteiger partial charge in [0.1, 0.15) is 5.82 Å². The molecule has 2 heterocycles. The molecule has 180 valence electrons. The summed E-state index contributed by atoms with van der Waals surface area (Å²) in [6.07, 6.45) is 20.1. The van der Waals surface area contributed by atoms with Gasteiger partial charge in [0.05, 0.1) is 5.69 Å². The van der Waals surface area contributed by atoms with Crippen molar-refractivity contribution in [1.82, 2.24) is 4.57 Å². The molecule has 2 nitrogen and oxygen atoms in total. The fraction of sp³-hybridized carbons (Fsp3) is 0.143. The predicted octanol–water partition coefficient (Wildman–Crippen LogP) is 9.34. The van der Waals surface area contributed by atoms with Gasteiger partial charge >= 0.3 is 0 Å². The normalized spacial score (nSPS) is 15.4. The molecule has 0 bridgehead atoms. The quantitative estimate of drug-likeness (QED) is 0.272. The van der Waals surface area contributed by atoms with Gasteiger partial charge in [0.15, 0.2) is 0 Å². The summed E-state index contributed by atoms with van der Waals surface area (Å²) in [6.45, 7) is 5.28. The number of rotatable bonds is 4. The van der Waals surface area contributed by atoms with E-state index in [-0.39, 0.29) is 0 Å². The van der Waals surface area contributed by atoms with Crippen molar-refractivity contribution >= 4 is 40.0 Å². The van der Waals surface area contributed by atoms with Crippen LogP contribution in [0.1, 0.15) is 42.1 Å². The molecule has 1 aliphatic heterocycles. The summed E-state index contributed by atoms with van der Waals surface area (Å²) in [5.74, 6) is 1.18. The van der Waals surface area contributed by atoms with Crippen molar-refractivity contribution in [2.45, 2.75) is 26.7 Å². The molecule has 0 fully saturated rings. The number of benzene rings is 3. The zero-order chi connectivity index (χ0) is 24.9. The molecule has 0 spiro atoms. The van der Waals surface area contributed by atoms with Gasteiger partial charge in [-0.05, 0) is 87.7 Å². The maximum atomic E-state index is 3.65. The van der Waals surface area contributed by atoms with Crippen molar-refractivity contribution in [1.29, 1.82) is 0 Å². The Kier molecular flexibility index (Phi) is 5.14. The third-order valence-corrected chi connectivity index (χ3v) is 7.91. The standard InChI is InChI=1S/C35H30N2/c1-3-4-18-33-23(2)26-17-10-21-36-35(26)37(33)25-12-6-5-11-24(22-25)27-19-20-32-29-14-8-7-13-28(29)31-16-9-15-30(27)34(31)32/h4-10,12-20,22,36H,3,11,21H2,1-2H3/b18-4-. The molecule has 0 saturated heterocycles. The van der Waals surface area contributed by atoms with Crippen LogP contribution < -0.4 is 5.32 Å². The van der Waals surface area contributed by atoms with Crippen LogP contribution in [0.15, 0.2) is 91.1 Å². The van der Waals surface area contributed by atoms with Gasteiger partial charge in [-0.2, -0.15) is 0 Å². The average Bonchev–Trinajstić information content (AvgIpc) is 3.28. The van der Waals surface area contributed by atoms with Crippen LogP contribution in [0.25, 0.3) is 56.4 Å². The minimum absolute atomic E-state index is 0.850. The third-order valence-electron chi connectivity index (χ3n) is 7.91. The van der Waals surface area contributed by atoms with Gasteiger partial charge in [-0.15, -0.1) is 0 Å². The zero-order valence-corrected chi connectivity index (χ0v) is 21.4. The van der Waals surface area contributed by atoms with E-state index in [2.05, 4.69) is 127 Å². The van der Waals surface area contributed by atoms with E-state index in [9.17, 15) is 0 Å². The lowest BCUT2D eigenvalue weighted by molar-refractivity contribution is 1.07. The van der Waals surface area contributed by atoms with E-state index in [1.165, 1.54) is 72.5 Å². The van der Waals surface area contributed by atoms with E-state index in [1.807, 2.05) is 0 Å². The molecular weight excluding hydrogens is 448 g/mol. The highest BCUT2D eigenvalue weighted by Gasteiger charge is 2.24. The predicted molar refractivity (Wildman–Crippen MR) is 160 cm³/mol. The molecule has 3 aromatic carbocycles. The Bertz CT molecular complexity index is 1700. The Balaban J connectivity index is 1.42. The van der Waals surface area contributed by atoms with Gasteiger partial charge in [0.25, 0.3) is 0 Å². The molecule has 1 aromatic heterocycles. The molecule has 0 saturated carbocycles. The maximum absolute atomic E-state index is 3.65. The number of nitrogens with zero attached hydrogens (tertiary/aromatic N) is 1. The van der Waals surface area contributed by atoms with Crippen LogP contribution in [0.4, 0.5) is 5.82 Å². The van der Waals surface area contributed by atoms with Gasteiger partial charge < -0.3 is 5.32 Å². The number of nitrogens with one attached hydrogen (secondary N) is 1. The lowest BCUT2D eigenvalue weighted by Gasteiger charge is -2.18. The van der Waals surface area contributed by atoms with Crippen molar-refractivity contribution in [3.63, 3.8) is 0 Å². The van der Waals surface area contributed by atoms with Crippen LogP contribution in [0, 0.1) is 6.92 Å². The summed E-state index contributed by atoms with van der Waals surface area (Å²) >= 11 is 0. The van der Waals surface area contributed by atoms with Crippen molar-refractivity contribution in [2.75, 3.05) is 11.9 Å². The van der Waals surface area contributed by atoms with Crippen molar-refractivity contribution < 1.29 is 0 Å². The molecule has 0 atom stereocenters. The Morgan fingerprint density at radius 3 is 2.51 bits per heavy atom. The first-order valence-corrected chi connectivity index (χ1v) is 13.3. The first-order chi connectivity index (χ1) is 18.3. The highest BCUT2D eigenvalue weighted by atomic mass is 15.1. The number of hydrogen-bond acceptors (Lipinski definition) is 1. The van der Waals surface area contributed by atoms with E-state index >= 15 is 0 Å². The summed E-state index contributed by atoms with van der Waals surface area (Å²) < 4.78 is 2.41. The van der Waals surface area contributed by atoms with Crippen LogP contribution in [-0.4, -0.2) is 11.1 Å². The number of anilines is 1. The molecule has 7 rings (SSSR count). The lowest BCUT2D eigenvalue weighted by Crippen LogP contribution is -2.10. The second-order valence-electron chi connectivity index (χ2n) is 10.0. The Morgan fingerprint density at radius 2 is 1.68 bits per heavy atom. The summed E-state index contributed by atoms with van der Waals surface area (Å²) in [5.41, 5.74) is 13.1. The molecule has 0 amide bonds. The number of aromatic nitrogens is 1. The van der Waals surface area contributed by atoms with Gasteiger partial charge in [0, 0.05) is 17.8 Å². The van der Waals surface area contributed by atoms with E-state index in [1.54, 1.807) is 0 Å². The highest BCUT2D eigenvalue weighted by molar-refractivity contribution is 6.17. The monoisotopic (exact) mass is 478 g/mol. The molecule has 4 aromatic rings. The summed E-state index contributed by atoms with van der Waals surface area (Å²) in [7, 11) is 0. The maximum Gasteiger partial charge on any atom is 0.118 e. The molecule has 3 aliphatic rings. The second kappa shape index (κ2) is 8.67. The summed E-state index contributed by atoms with van der Waals surface area (Å²) in [6, 6.07) is 20.2. The van der Waals surface area contributed by atoms with Crippen LogP contribution in [0.2, 0.25) is 0 Å². The number of allylic oxidation sites excluding steroid dienone is 7. The molecule has 0 radical (unpaired) electrons. The Hall–Kier alpha value is -4.30. The first-order valence-electron chi connectivity index (χ1n) is 13.3. The Labute approximate surface area is 218 Å². The van der Waals surface area contributed by atoms with Gasteiger partial charge in [-0.25, -0.2) is 0 Å². The first kappa shape index (κ1) is 21.9. The smallest absolute Gasteiger partial charge is 0.118 e. The van der Waals surface area contributed by atoms with Crippen molar-refractivity contribution in [2.24, 2.45) is 0 Å². The van der Waals surface area contributed by atoms with Gasteiger partial charge in [-0.3, -0.25) is 4.57 Å². The van der Waals surface area contributed by atoms with E-state index < -0.39 is 0 Å². The average molecular weight is 479 g/mol. The fourth-order valence-corrected chi connectivity index (χ4v) is 6.19. The Morgan fingerprint density at radius 1 is 0.892 bits per heavy atom.